The van der Waals surface area contributed by atoms with Crippen molar-refractivity contribution in [3.63, 3.8) is 0 Å². The Bertz CT molecular complexity index is 489. The lowest BCUT2D eigenvalue weighted by molar-refractivity contribution is 0.0954. The molecule has 0 spiro atoms. The van der Waals surface area contributed by atoms with Gasteiger partial charge in [-0.2, -0.15) is 0 Å². The van der Waals surface area contributed by atoms with Crippen molar-refractivity contribution in [1.29, 1.82) is 0 Å². The van der Waals surface area contributed by atoms with Crippen molar-refractivity contribution in [3.8, 4) is 0 Å². The third-order valence-corrected chi connectivity index (χ3v) is 3.12. The van der Waals surface area contributed by atoms with Crippen LogP contribution in [-0.4, -0.2) is 15.9 Å². The van der Waals surface area contributed by atoms with Gasteiger partial charge in [-0.1, -0.05) is 11.3 Å². The van der Waals surface area contributed by atoms with Crippen LogP contribution < -0.4 is 11.1 Å². The third kappa shape index (κ3) is 2.22. The van der Waals surface area contributed by atoms with Gasteiger partial charge in [-0.25, -0.2) is 4.98 Å². The number of carbonyl (C=O) groups is 1. The Kier molecular flexibility index (Phi) is 2.91. The lowest BCUT2D eigenvalue weighted by atomic mass is 10.3. The normalized spacial score (nSPS) is 10.3. The highest BCUT2D eigenvalue weighted by Crippen LogP contribution is 2.19. The van der Waals surface area contributed by atoms with E-state index in [1.807, 2.05) is 18.5 Å². The van der Waals surface area contributed by atoms with Gasteiger partial charge in [-0.05, 0) is 18.6 Å². The SMILES string of the molecule is Cc1nc(N)sc1C(=O)NCc1cc[nH]c1. The number of hydrogen-bond donors (Lipinski definition) is 3. The van der Waals surface area contributed by atoms with Crippen molar-refractivity contribution in [1.82, 2.24) is 15.3 Å². The summed E-state index contributed by atoms with van der Waals surface area (Å²) in [5.41, 5.74) is 7.24. The molecule has 0 fully saturated rings. The van der Waals surface area contributed by atoms with Crippen LogP contribution >= 0.6 is 11.3 Å². The molecule has 0 atom stereocenters. The Hall–Kier alpha value is -1.82. The monoisotopic (exact) mass is 236 g/mol. The molecule has 0 radical (unpaired) electrons. The number of H-pyrrole nitrogens is 1. The van der Waals surface area contributed by atoms with Crippen LogP contribution in [0.3, 0.4) is 0 Å². The van der Waals surface area contributed by atoms with Crippen LogP contribution in [0.5, 0.6) is 0 Å². The summed E-state index contributed by atoms with van der Waals surface area (Å²) in [5.74, 6) is -0.132. The zero-order valence-electron chi connectivity index (χ0n) is 8.78. The van der Waals surface area contributed by atoms with E-state index in [1.54, 1.807) is 6.92 Å². The summed E-state index contributed by atoms with van der Waals surface area (Å²) in [4.78, 5) is 19.3. The Morgan fingerprint density at radius 1 is 1.69 bits per heavy atom. The number of hydrogen-bond acceptors (Lipinski definition) is 4. The van der Waals surface area contributed by atoms with E-state index in [2.05, 4.69) is 15.3 Å². The summed E-state index contributed by atoms with van der Waals surface area (Å²) in [6.45, 7) is 2.28. The molecule has 16 heavy (non-hydrogen) atoms. The van der Waals surface area contributed by atoms with Gasteiger partial charge in [-0.3, -0.25) is 4.79 Å². The molecule has 0 aliphatic carbocycles. The van der Waals surface area contributed by atoms with Gasteiger partial charge >= 0.3 is 0 Å². The molecular weight excluding hydrogens is 224 g/mol. The maximum atomic E-state index is 11.8. The topological polar surface area (TPSA) is 83.8 Å². The second-order valence-electron chi connectivity index (χ2n) is 3.37. The number of rotatable bonds is 3. The van der Waals surface area contributed by atoms with Crippen LogP contribution in [-0.2, 0) is 6.54 Å². The fraction of sp³-hybridized carbons (Fsp3) is 0.200. The first-order chi connectivity index (χ1) is 7.66. The standard InChI is InChI=1S/C10H12N4OS/c1-6-8(16-10(11)14-6)9(15)13-5-7-2-3-12-4-7/h2-4,12H,5H2,1H3,(H2,11,14)(H,13,15). The van der Waals surface area contributed by atoms with Gasteiger partial charge in [0.05, 0.1) is 5.69 Å². The van der Waals surface area contributed by atoms with E-state index in [1.165, 1.54) is 11.3 Å². The van der Waals surface area contributed by atoms with Crippen LogP contribution in [0.1, 0.15) is 20.9 Å². The molecule has 0 aromatic carbocycles. The molecule has 0 aliphatic heterocycles. The third-order valence-electron chi connectivity index (χ3n) is 2.13. The molecule has 2 aromatic heterocycles. The second-order valence-corrected chi connectivity index (χ2v) is 4.40. The van der Waals surface area contributed by atoms with Crippen LogP contribution in [0.25, 0.3) is 0 Å². The van der Waals surface area contributed by atoms with Crippen LogP contribution in [0.4, 0.5) is 5.13 Å². The summed E-state index contributed by atoms with van der Waals surface area (Å²) in [5, 5.41) is 3.23. The van der Waals surface area contributed by atoms with E-state index < -0.39 is 0 Å². The number of aromatic amines is 1. The molecule has 1 amide bonds. The highest BCUT2D eigenvalue weighted by atomic mass is 32.1. The molecule has 84 valence electrons. The minimum absolute atomic E-state index is 0.132. The molecule has 2 aromatic rings. The molecule has 0 bridgehead atoms. The molecule has 4 N–H and O–H groups in total. The summed E-state index contributed by atoms with van der Waals surface area (Å²) in [6.07, 6.45) is 3.66. The summed E-state index contributed by atoms with van der Waals surface area (Å²) < 4.78 is 0. The van der Waals surface area contributed by atoms with Crippen LogP contribution in [0.2, 0.25) is 0 Å². The van der Waals surface area contributed by atoms with Crippen molar-refractivity contribution >= 4 is 22.4 Å². The van der Waals surface area contributed by atoms with Crippen molar-refractivity contribution in [2.24, 2.45) is 0 Å². The fourth-order valence-electron chi connectivity index (χ4n) is 1.36. The van der Waals surface area contributed by atoms with Gasteiger partial charge in [0.15, 0.2) is 5.13 Å². The van der Waals surface area contributed by atoms with E-state index in [4.69, 9.17) is 5.73 Å². The average molecular weight is 236 g/mol. The molecule has 6 heteroatoms. The number of amides is 1. The van der Waals surface area contributed by atoms with Gasteiger partial charge < -0.3 is 16.0 Å². The number of nitrogens with one attached hydrogen (secondary N) is 2. The predicted molar refractivity (Wildman–Crippen MR) is 63.2 cm³/mol. The minimum Gasteiger partial charge on any atom is -0.375 e. The lowest BCUT2D eigenvalue weighted by Crippen LogP contribution is -2.22. The molecule has 0 unspecified atom stereocenters. The first-order valence-electron chi connectivity index (χ1n) is 4.79. The Morgan fingerprint density at radius 2 is 2.50 bits per heavy atom. The summed E-state index contributed by atoms with van der Waals surface area (Å²) in [7, 11) is 0. The average Bonchev–Trinajstić information content (AvgIpc) is 2.84. The van der Waals surface area contributed by atoms with Gasteiger partial charge in [0.25, 0.3) is 5.91 Å². The zero-order valence-corrected chi connectivity index (χ0v) is 9.60. The summed E-state index contributed by atoms with van der Waals surface area (Å²) >= 11 is 1.21. The van der Waals surface area contributed by atoms with E-state index in [0.717, 1.165) is 5.56 Å². The molecule has 2 heterocycles. The number of carbonyl (C=O) groups excluding carboxylic acids is 1. The first-order valence-corrected chi connectivity index (χ1v) is 5.61. The maximum absolute atomic E-state index is 11.8. The number of thiazole rings is 1. The van der Waals surface area contributed by atoms with Crippen molar-refractivity contribution < 1.29 is 4.79 Å². The Labute approximate surface area is 96.7 Å². The van der Waals surface area contributed by atoms with Crippen LogP contribution in [0, 0.1) is 6.92 Å². The van der Waals surface area contributed by atoms with E-state index in [0.29, 0.717) is 22.2 Å². The Morgan fingerprint density at radius 3 is 3.06 bits per heavy atom. The van der Waals surface area contributed by atoms with E-state index in [9.17, 15) is 4.79 Å². The number of nitrogen functional groups attached to an aromatic ring is 1. The summed E-state index contributed by atoms with van der Waals surface area (Å²) in [6, 6.07) is 1.91. The number of aryl methyl sites for hydroxylation is 1. The highest BCUT2D eigenvalue weighted by Gasteiger charge is 2.13. The molecular formula is C10H12N4OS. The zero-order chi connectivity index (χ0) is 11.5. The quantitative estimate of drug-likeness (QED) is 0.750. The fourth-order valence-corrected chi connectivity index (χ4v) is 2.11. The number of nitrogens with two attached hydrogens (primary N) is 1. The smallest absolute Gasteiger partial charge is 0.263 e. The number of anilines is 1. The molecule has 0 saturated heterocycles. The minimum atomic E-state index is -0.132. The van der Waals surface area contributed by atoms with E-state index in [-0.39, 0.29) is 5.91 Å². The van der Waals surface area contributed by atoms with E-state index >= 15 is 0 Å². The predicted octanol–water partition coefficient (Wildman–Crippen LogP) is 1.29. The molecule has 0 saturated carbocycles. The van der Waals surface area contributed by atoms with Gasteiger partial charge in [0, 0.05) is 18.9 Å². The largest absolute Gasteiger partial charge is 0.375 e. The molecule has 0 aliphatic rings. The lowest BCUT2D eigenvalue weighted by Gasteiger charge is -2.01. The Balaban J connectivity index is 2.01. The molecule has 5 nitrogen and oxygen atoms in total. The molecule has 2 rings (SSSR count). The van der Waals surface area contributed by atoms with Crippen molar-refractivity contribution in [2.45, 2.75) is 13.5 Å². The van der Waals surface area contributed by atoms with Crippen molar-refractivity contribution in [3.05, 3.63) is 34.6 Å². The number of nitrogens with zero attached hydrogens (tertiary/aromatic N) is 1. The second kappa shape index (κ2) is 4.36. The van der Waals surface area contributed by atoms with Crippen LogP contribution in [0.15, 0.2) is 18.5 Å². The number of aromatic nitrogens is 2. The maximum Gasteiger partial charge on any atom is 0.263 e. The first kappa shape index (κ1) is 10.7. The van der Waals surface area contributed by atoms with Gasteiger partial charge in [0.2, 0.25) is 0 Å². The van der Waals surface area contributed by atoms with Gasteiger partial charge in [0.1, 0.15) is 4.88 Å². The van der Waals surface area contributed by atoms with Gasteiger partial charge in [-0.15, -0.1) is 0 Å². The van der Waals surface area contributed by atoms with Crippen molar-refractivity contribution in [2.75, 3.05) is 5.73 Å². The highest BCUT2D eigenvalue weighted by molar-refractivity contribution is 7.17.